The highest BCUT2D eigenvalue weighted by Crippen LogP contribution is 2.43. The molecular formula is C13H18N5O9P. The largest absolute Gasteiger partial charge is 0.469 e. The molecule has 0 aliphatic carbocycles. The Morgan fingerprint density at radius 1 is 1.46 bits per heavy atom. The fourth-order valence-corrected chi connectivity index (χ4v) is 3.39. The van der Waals surface area contributed by atoms with Gasteiger partial charge >= 0.3 is 7.82 Å². The van der Waals surface area contributed by atoms with Gasteiger partial charge in [0.15, 0.2) is 11.2 Å². The van der Waals surface area contributed by atoms with Gasteiger partial charge in [-0.05, 0) is 0 Å². The van der Waals surface area contributed by atoms with Crippen LogP contribution in [-0.2, 0) is 18.6 Å². The number of rotatable bonds is 7. The van der Waals surface area contributed by atoms with Crippen LogP contribution >= 0.6 is 7.82 Å². The van der Waals surface area contributed by atoms with Crippen molar-refractivity contribution in [3.05, 3.63) is 16.7 Å². The number of aliphatic hydroxyl groups is 2. The molecule has 1 fully saturated rings. The molecule has 1 saturated heterocycles. The SMILES string of the molecule is O=C(CCO)Nc1nc2c(ncn2[C@H]2C[C@H](OP(=O)(O)O)[C@@H](CO)O2)c(=O)[nH]1. The minimum Gasteiger partial charge on any atom is -0.396 e. The summed E-state index contributed by atoms with van der Waals surface area (Å²) < 4.78 is 22.6. The number of aromatic amines is 1. The molecule has 0 saturated carbocycles. The Bertz CT molecular complexity index is 969. The second-order valence-corrected chi connectivity index (χ2v) is 7.13. The van der Waals surface area contributed by atoms with Crippen LogP contribution < -0.4 is 10.9 Å². The van der Waals surface area contributed by atoms with E-state index in [0.29, 0.717) is 0 Å². The Morgan fingerprint density at radius 3 is 2.86 bits per heavy atom. The first kappa shape index (κ1) is 20.5. The second kappa shape index (κ2) is 8.05. The Morgan fingerprint density at radius 2 is 2.21 bits per heavy atom. The molecule has 6 N–H and O–H groups in total. The average molecular weight is 419 g/mol. The summed E-state index contributed by atoms with van der Waals surface area (Å²) in [5, 5.41) is 20.5. The van der Waals surface area contributed by atoms with Gasteiger partial charge in [0.1, 0.15) is 18.4 Å². The second-order valence-electron chi connectivity index (χ2n) is 5.94. The third kappa shape index (κ3) is 4.44. The van der Waals surface area contributed by atoms with Crippen molar-refractivity contribution in [3.63, 3.8) is 0 Å². The normalized spacial score (nSPS) is 22.6. The Balaban J connectivity index is 1.91. The number of amides is 1. The molecule has 2 aromatic heterocycles. The van der Waals surface area contributed by atoms with Crippen molar-refractivity contribution in [2.75, 3.05) is 18.5 Å². The maximum absolute atomic E-state index is 12.2. The summed E-state index contributed by atoms with van der Waals surface area (Å²) in [7, 11) is -4.81. The number of aliphatic hydroxyl groups excluding tert-OH is 2. The van der Waals surface area contributed by atoms with Gasteiger partial charge in [-0.15, -0.1) is 0 Å². The number of nitrogens with one attached hydrogen (secondary N) is 2. The Kier molecular flexibility index (Phi) is 5.90. The van der Waals surface area contributed by atoms with Crippen LogP contribution in [0.25, 0.3) is 11.2 Å². The summed E-state index contributed by atoms with van der Waals surface area (Å²) in [6.45, 7) is -0.931. The molecule has 0 aromatic carbocycles. The predicted molar refractivity (Wildman–Crippen MR) is 91.0 cm³/mol. The monoisotopic (exact) mass is 419 g/mol. The lowest BCUT2D eigenvalue weighted by Gasteiger charge is -2.16. The van der Waals surface area contributed by atoms with Crippen LogP contribution in [0.2, 0.25) is 0 Å². The highest BCUT2D eigenvalue weighted by Gasteiger charge is 2.40. The smallest absolute Gasteiger partial charge is 0.396 e. The number of hydrogen-bond acceptors (Lipinski definition) is 9. The first-order chi connectivity index (χ1) is 13.2. The number of aromatic nitrogens is 4. The number of phosphoric ester groups is 1. The van der Waals surface area contributed by atoms with Crippen molar-refractivity contribution in [3.8, 4) is 0 Å². The van der Waals surface area contributed by atoms with Crippen molar-refractivity contribution in [1.29, 1.82) is 0 Å². The summed E-state index contributed by atoms with van der Waals surface area (Å²) in [5.74, 6) is -0.735. The number of nitrogens with zero attached hydrogens (tertiary/aromatic N) is 3. The molecule has 14 nitrogen and oxygen atoms in total. The average Bonchev–Trinajstić information content (AvgIpc) is 3.17. The van der Waals surface area contributed by atoms with Gasteiger partial charge in [-0.25, -0.2) is 9.55 Å². The summed E-state index contributed by atoms with van der Waals surface area (Å²) in [6.07, 6.45) is -1.99. The molecule has 28 heavy (non-hydrogen) atoms. The number of hydrogen-bond donors (Lipinski definition) is 6. The molecule has 15 heteroatoms. The van der Waals surface area contributed by atoms with Gasteiger partial charge in [0.2, 0.25) is 11.9 Å². The summed E-state index contributed by atoms with van der Waals surface area (Å²) >= 11 is 0. The zero-order valence-electron chi connectivity index (χ0n) is 14.3. The Labute approximate surface area is 156 Å². The van der Waals surface area contributed by atoms with Crippen LogP contribution in [-0.4, -0.2) is 70.8 Å². The lowest BCUT2D eigenvalue weighted by Crippen LogP contribution is -2.26. The van der Waals surface area contributed by atoms with E-state index in [4.69, 9.17) is 19.6 Å². The van der Waals surface area contributed by atoms with Gasteiger partial charge in [-0.2, -0.15) is 4.98 Å². The van der Waals surface area contributed by atoms with Crippen LogP contribution in [0, 0.1) is 0 Å². The first-order valence-corrected chi connectivity index (χ1v) is 9.62. The molecule has 1 aliphatic heterocycles. The van der Waals surface area contributed by atoms with Gasteiger partial charge in [0.05, 0.1) is 26.0 Å². The van der Waals surface area contributed by atoms with Crippen LogP contribution in [0.4, 0.5) is 5.95 Å². The summed E-state index contributed by atoms with van der Waals surface area (Å²) in [6, 6.07) is 0. The highest BCUT2D eigenvalue weighted by molar-refractivity contribution is 7.46. The molecule has 154 valence electrons. The molecule has 0 radical (unpaired) electrons. The van der Waals surface area contributed by atoms with E-state index in [0.717, 1.165) is 0 Å². The molecule has 3 rings (SSSR count). The van der Waals surface area contributed by atoms with Crippen LogP contribution in [0.15, 0.2) is 11.1 Å². The van der Waals surface area contributed by atoms with E-state index in [9.17, 15) is 19.3 Å². The van der Waals surface area contributed by atoms with Crippen molar-refractivity contribution >= 4 is 30.8 Å². The minimum absolute atomic E-state index is 0.0431. The molecule has 0 spiro atoms. The summed E-state index contributed by atoms with van der Waals surface area (Å²) in [5.41, 5.74) is -0.645. The predicted octanol–water partition coefficient (Wildman–Crippen LogP) is -1.80. The molecule has 1 amide bonds. The van der Waals surface area contributed by atoms with Crippen molar-refractivity contribution in [2.45, 2.75) is 31.3 Å². The third-order valence-electron chi connectivity index (χ3n) is 3.97. The number of ether oxygens (including phenoxy) is 1. The molecule has 3 atom stereocenters. The fourth-order valence-electron chi connectivity index (χ4n) is 2.81. The maximum atomic E-state index is 12.2. The van der Waals surface area contributed by atoms with E-state index in [2.05, 4.69) is 24.8 Å². The molecule has 2 aromatic rings. The maximum Gasteiger partial charge on any atom is 0.469 e. The fraction of sp³-hybridized carbons (Fsp3) is 0.538. The van der Waals surface area contributed by atoms with E-state index < -0.39 is 44.3 Å². The summed E-state index contributed by atoms with van der Waals surface area (Å²) in [4.78, 5) is 52.1. The van der Waals surface area contributed by atoms with Crippen LogP contribution in [0.1, 0.15) is 19.1 Å². The van der Waals surface area contributed by atoms with E-state index in [-0.39, 0.29) is 36.6 Å². The van der Waals surface area contributed by atoms with Gasteiger partial charge in [0, 0.05) is 6.42 Å². The van der Waals surface area contributed by atoms with Crippen molar-refractivity contribution < 1.29 is 38.6 Å². The topological polar surface area (TPSA) is 209 Å². The van der Waals surface area contributed by atoms with Crippen LogP contribution in [0.3, 0.4) is 0 Å². The van der Waals surface area contributed by atoms with Gasteiger partial charge in [0.25, 0.3) is 5.56 Å². The number of carbonyl (C=O) groups excluding carboxylic acids is 1. The molecule has 0 unspecified atom stereocenters. The van der Waals surface area contributed by atoms with E-state index in [1.807, 2.05) is 0 Å². The number of imidazole rings is 1. The molecule has 3 heterocycles. The number of phosphoric acid groups is 1. The van der Waals surface area contributed by atoms with Gasteiger partial charge in [-0.3, -0.25) is 29.0 Å². The lowest BCUT2D eigenvalue weighted by atomic mass is 10.2. The van der Waals surface area contributed by atoms with Crippen LogP contribution in [0.5, 0.6) is 0 Å². The van der Waals surface area contributed by atoms with E-state index >= 15 is 0 Å². The molecule has 1 aliphatic rings. The minimum atomic E-state index is -4.81. The zero-order chi connectivity index (χ0) is 20.5. The number of fused-ring (bicyclic) bond motifs is 1. The van der Waals surface area contributed by atoms with E-state index in [1.165, 1.54) is 10.9 Å². The zero-order valence-corrected chi connectivity index (χ0v) is 15.2. The number of anilines is 1. The molecule has 0 bridgehead atoms. The quantitative estimate of drug-likeness (QED) is 0.276. The standard InChI is InChI=1S/C13H18N5O9P/c19-2-1-8(21)15-13-16-11-10(12(22)17-13)14-5-18(11)9-3-6(7(4-20)26-9)27-28(23,24)25/h5-7,9,19-20H,1-4H2,(H2,23,24,25)(H2,15,16,17,21,22)/t6-,7+,9+/m0/s1. The highest BCUT2D eigenvalue weighted by atomic mass is 31.2. The van der Waals surface area contributed by atoms with Crippen molar-refractivity contribution in [2.24, 2.45) is 0 Å². The number of carbonyl (C=O) groups is 1. The third-order valence-corrected chi connectivity index (χ3v) is 4.52. The van der Waals surface area contributed by atoms with Gasteiger partial charge in [-0.1, -0.05) is 0 Å². The van der Waals surface area contributed by atoms with E-state index in [1.54, 1.807) is 0 Å². The van der Waals surface area contributed by atoms with Gasteiger partial charge < -0.3 is 24.7 Å². The molecular weight excluding hydrogens is 401 g/mol. The Hall–Kier alpha value is -2.19. The van der Waals surface area contributed by atoms with Crippen molar-refractivity contribution in [1.82, 2.24) is 19.5 Å². The lowest BCUT2D eigenvalue weighted by molar-refractivity contribution is -0.116. The number of H-pyrrole nitrogens is 1. The first-order valence-electron chi connectivity index (χ1n) is 8.09.